The van der Waals surface area contributed by atoms with Crippen molar-refractivity contribution in [2.75, 3.05) is 13.2 Å². The molecule has 44 heavy (non-hydrogen) atoms. The standard InChI is InChI=1S/C30H40F6N2O4SSi/c1-28(2,3)44(4,5)42-20-23-13-11-22(12-14-23)19-38(18-21-9-7-6-8-10-21)43(40,41)37-27(39)24-15-25(29(31,32)33)17-26(16-24)30(34,35)36/h6-10,15-17,22-23H,11-14,18-20H2,1-5H3,(H,37,39). The zero-order chi connectivity index (χ0) is 33.1. The Kier molecular flexibility index (Phi) is 11.1. The van der Waals surface area contributed by atoms with Crippen molar-refractivity contribution < 1.29 is 44.0 Å². The van der Waals surface area contributed by atoms with E-state index in [4.69, 9.17) is 4.43 Å². The molecule has 2 aromatic rings. The molecule has 0 spiro atoms. The monoisotopic (exact) mass is 666 g/mol. The minimum absolute atomic E-state index is 0.0176. The van der Waals surface area contributed by atoms with Crippen molar-refractivity contribution in [2.45, 2.75) is 83.5 Å². The summed E-state index contributed by atoms with van der Waals surface area (Å²) < 4.78 is 116. The van der Waals surface area contributed by atoms with Gasteiger partial charge in [0.05, 0.1) is 11.1 Å². The van der Waals surface area contributed by atoms with Crippen LogP contribution in [-0.2, 0) is 33.5 Å². The van der Waals surface area contributed by atoms with Crippen LogP contribution in [0.1, 0.15) is 73.5 Å². The quantitative estimate of drug-likeness (QED) is 0.206. The number of carbonyl (C=O) groups is 1. The summed E-state index contributed by atoms with van der Waals surface area (Å²) in [5.41, 5.74) is -3.91. The maximum Gasteiger partial charge on any atom is 0.416 e. The Bertz CT molecular complexity index is 1350. The smallest absolute Gasteiger partial charge is 0.416 e. The first-order chi connectivity index (χ1) is 20.1. The fraction of sp³-hybridized carbons (Fsp3) is 0.567. The summed E-state index contributed by atoms with van der Waals surface area (Å²) in [6.45, 7) is 11.4. The molecule has 1 aliphatic carbocycles. The highest BCUT2D eigenvalue weighted by Gasteiger charge is 2.39. The van der Waals surface area contributed by atoms with Gasteiger partial charge in [0.25, 0.3) is 5.91 Å². The summed E-state index contributed by atoms with van der Waals surface area (Å²) >= 11 is 0. The molecule has 0 heterocycles. The molecule has 1 fully saturated rings. The first-order valence-corrected chi connectivity index (χ1v) is 18.7. The fourth-order valence-electron chi connectivity index (χ4n) is 4.77. The van der Waals surface area contributed by atoms with Crippen LogP contribution in [0.25, 0.3) is 0 Å². The maximum absolute atomic E-state index is 13.5. The van der Waals surface area contributed by atoms with Crippen LogP contribution < -0.4 is 4.72 Å². The minimum Gasteiger partial charge on any atom is -0.417 e. The predicted molar refractivity (Wildman–Crippen MR) is 158 cm³/mol. The first kappa shape index (κ1) is 36.0. The molecule has 0 unspecified atom stereocenters. The lowest BCUT2D eigenvalue weighted by Gasteiger charge is -2.38. The molecule has 2 aromatic carbocycles. The van der Waals surface area contributed by atoms with Gasteiger partial charge in [0.1, 0.15) is 0 Å². The Hall–Kier alpha value is -2.42. The van der Waals surface area contributed by atoms with Gasteiger partial charge in [-0.25, -0.2) is 4.72 Å². The molecule has 0 atom stereocenters. The van der Waals surface area contributed by atoms with Crippen molar-refractivity contribution in [1.82, 2.24) is 9.03 Å². The van der Waals surface area contributed by atoms with Gasteiger partial charge in [-0.2, -0.15) is 39.1 Å². The Morgan fingerprint density at radius 1 is 0.886 bits per heavy atom. The second-order valence-electron chi connectivity index (χ2n) is 13.0. The Balaban J connectivity index is 1.78. The van der Waals surface area contributed by atoms with Crippen LogP contribution >= 0.6 is 0 Å². The van der Waals surface area contributed by atoms with Crippen molar-refractivity contribution in [3.63, 3.8) is 0 Å². The van der Waals surface area contributed by atoms with Crippen LogP contribution in [0, 0.1) is 11.8 Å². The zero-order valence-corrected chi connectivity index (χ0v) is 27.3. The lowest BCUT2D eigenvalue weighted by Crippen LogP contribution is -2.45. The summed E-state index contributed by atoms with van der Waals surface area (Å²) in [5, 5.41) is 0.0727. The molecule has 1 N–H and O–H groups in total. The van der Waals surface area contributed by atoms with E-state index in [1.165, 1.54) is 0 Å². The molecule has 0 bridgehead atoms. The van der Waals surface area contributed by atoms with Crippen molar-refractivity contribution >= 4 is 24.4 Å². The minimum atomic E-state index is -5.19. The van der Waals surface area contributed by atoms with Gasteiger partial charge in [-0.3, -0.25) is 4.79 Å². The number of alkyl halides is 6. The molecule has 1 amide bonds. The molecule has 0 aliphatic heterocycles. The molecule has 14 heteroatoms. The summed E-state index contributed by atoms with van der Waals surface area (Å²) in [7, 11) is -6.60. The molecule has 0 aromatic heterocycles. The van der Waals surface area contributed by atoms with Crippen molar-refractivity contribution in [2.24, 2.45) is 11.8 Å². The number of nitrogens with zero attached hydrogens (tertiary/aromatic N) is 1. The van der Waals surface area contributed by atoms with Crippen molar-refractivity contribution in [3.05, 3.63) is 70.8 Å². The summed E-state index contributed by atoms with van der Waals surface area (Å²) in [5.74, 6) is -1.34. The molecule has 0 saturated heterocycles. The number of amides is 1. The Morgan fingerprint density at radius 3 is 1.86 bits per heavy atom. The average Bonchev–Trinajstić information content (AvgIpc) is 2.91. The highest BCUT2D eigenvalue weighted by molar-refractivity contribution is 7.87. The van der Waals surface area contributed by atoms with Crippen LogP contribution in [0.15, 0.2) is 48.5 Å². The summed E-state index contributed by atoms with van der Waals surface area (Å²) in [4.78, 5) is 12.9. The third-order valence-electron chi connectivity index (χ3n) is 8.53. The van der Waals surface area contributed by atoms with Gasteiger partial charge >= 0.3 is 22.6 Å². The predicted octanol–water partition coefficient (Wildman–Crippen LogP) is 8.03. The van der Waals surface area contributed by atoms with Crippen molar-refractivity contribution in [1.29, 1.82) is 0 Å². The second kappa shape index (κ2) is 13.5. The highest BCUT2D eigenvalue weighted by Crippen LogP contribution is 2.39. The van der Waals surface area contributed by atoms with E-state index in [1.54, 1.807) is 35.1 Å². The van der Waals surface area contributed by atoms with Crippen LogP contribution in [0.2, 0.25) is 18.1 Å². The van der Waals surface area contributed by atoms with E-state index in [1.807, 2.05) is 0 Å². The van der Waals surface area contributed by atoms with Crippen LogP contribution in [0.5, 0.6) is 0 Å². The van der Waals surface area contributed by atoms with E-state index in [0.29, 0.717) is 30.9 Å². The van der Waals surface area contributed by atoms with Crippen LogP contribution in [0.4, 0.5) is 26.3 Å². The number of benzene rings is 2. The molecule has 6 nitrogen and oxygen atoms in total. The van der Waals surface area contributed by atoms with Gasteiger partial charge in [-0.15, -0.1) is 0 Å². The Labute approximate surface area is 256 Å². The summed E-state index contributed by atoms with van der Waals surface area (Å²) in [6, 6.07) is 8.79. The van der Waals surface area contributed by atoms with Gasteiger partial charge in [0, 0.05) is 25.3 Å². The molecule has 0 radical (unpaired) electrons. The van der Waals surface area contributed by atoms with E-state index >= 15 is 0 Å². The van der Waals surface area contributed by atoms with Gasteiger partial charge < -0.3 is 4.43 Å². The second-order valence-corrected chi connectivity index (χ2v) is 19.4. The first-order valence-electron chi connectivity index (χ1n) is 14.4. The third-order valence-corrected chi connectivity index (χ3v) is 14.4. The van der Waals surface area contributed by atoms with Gasteiger partial charge in [-0.05, 0) is 79.4 Å². The number of hydrogen-bond donors (Lipinski definition) is 1. The van der Waals surface area contributed by atoms with E-state index in [-0.39, 0.29) is 42.2 Å². The SMILES string of the molecule is CC(C)(C)[Si](C)(C)OCC1CCC(CN(Cc2ccccc2)S(=O)(=O)NC(=O)c2cc(C(F)(F)F)cc(C(F)(F)F)c2)CC1. The normalized spacial score (nSPS) is 18.8. The number of halogens is 6. The van der Waals surface area contributed by atoms with Crippen LogP contribution in [0.3, 0.4) is 0 Å². The lowest BCUT2D eigenvalue weighted by molar-refractivity contribution is -0.143. The topological polar surface area (TPSA) is 75.7 Å². The van der Waals surface area contributed by atoms with Gasteiger partial charge in [0.2, 0.25) is 0 Å². The van der Waals surface area contributed by atoms with Crippen LogP contribution in [-0.4, -0.2) is 40.1 Å². The molecule has 246 valence electrons. The van der Waals surface area contributed by atoms with E-state index in [9.17, 15) is 39.6 Å². The van der Waals surface area contributed by atoms with E-state index in [2.05, 4.69) is 33.9 Å². The maximum atomic E-state index is 13.5. The van der Waals surface area contributed by atoms with E-state index < -0.39 is 53.5 Å². The molecule has 1 saturated carbocycles. The molecular formula is C30H40F6N2O4SSi. The number of rotatable bonds is 10. The molecular weight excluding hydrogens is 626 g/mol. The van der Waals surface area contributed by atoms with Gasteiger partial charge in [0.15, 0.2) is 8.32 Å². The Morgan fingerprint density at radius 2 is 1.39 bits per heavy atom. The molecule has 3 rings (SSSR count). The fourth-order valence-corrected chi connectivity index (χ4v) is 7.07. The number of carbonyl (C=O) groups excluding carboxylic acids is 1. The van der Waals surface area contributed by atoms with E-state index in [0.717, 1.165) is 17.1 Å². The lowest BCUT2D eigenvalue weighted by atomic mass is 9.82. The van der Waals surface area contributed by atoms with Crippen molar-refractivity contribution in [3.8, 4) is 0 Å². The number of hydrogen-bond acceptors (Lipinski definition) is 4. The molecule has 1 aliphatic rings. The number of nitrogens with one attached hydrogen (secondary N) is 1. The average molecular weight is 667 g/mol. The zero-order valence-electron chi connectivity index (χ0n) is 25.5. The van der Waals surface area contributed by atoms with Gasteiger partial charge in [-0.1, -0.05) is 51.1 Å². The largest absolute Gasteiger partial charge is 0.417 e. The highest BCUT2D eigenvalue weighted by atomic mass is 32.2. The third kappa shape index (κ3) is 9.79. The summed E-state index contributed by atoms with van der Waals surface area (Å²) in [6.07, 6.45) is -7.36.